The quantitative estimate of drug-likeness (QED) is 0.687. The van der Waals surface area contributed by atoms with Gasteiger partial charge in [-0.3, -0.25) is 4.79 Å². The van der Waals surface area contributed by atoms with Crippen LogP contribution in [0.1, 0.15) is 40.5 Å². The summed E-state index contributed by atoms with van der Waals surface area (Å²) in [5, 5.41) is 0. The molecule has 12 heavy (non-hydrogen) atoms. The number of carbonyl (C=O) groups excluding carboxylic acids is 1. The van der Waals surface area contributed by atoms with E-state index in [4.69, 9.17) is 5.73 Å². The molecule has 0 unspecified atom stereocenters. The minimum atomic E-state index is -0.243. The summed E-state index contributed by atoms with van der Waals surface area (Å²) >= 11 is 0. The van der Waals surface area contributed by atoms with Crippen LogP contribution in [0.4, 0.5) is 0 Å². The minimum Gasteiger partial charge on any atom is -0.322 e. The summed E-state index contributed by atoms with van der Waals surface area (Å²) in [5.74, 6) is 1.14. The predicted molar refractivity (Wildman–Crippen MR) is 51.9 cm³/mol. The van der Waals surface area contributed by atoms with E-state index in [1.807, 2.05) is 13.8 Å². The summed E-state index contributed by atoms with van der Waals surface area (Å²) in [4.78, 5) is 11.4. The van der Waals surface area contributed by atoms with Gasteiger partial charge in [0.15, 0.2) is 0 Å². The third-order valence-corrected chi connectivity index (χ3v) is 1.75. The number of nitrogens with two attached hydrogens (primary N) is 1. The Morgan fingerprint density at radius 1 is 1.17 bits per heavy atom. The van der Waals surface area contributed by atoms with Crippen molar-refractivity contribution < 1.29 is 4.79 Å². The molecule has 0 saturated carbocycles. The zero-order valence-electron chi connectivity index (χ0n) is 8.63. The number of hydrogen-bond acceptors (Lipinski definition) is 2. The van der Waals surface area contributed by atoms with Gasteiger partial charge >= 0.3 is 0 Å². The summed E-state index contributed by atoms with van der Waals surface area (Å²) in [7, 11) is 0. The third kappa shape index (κ3) is 5.30. The molecule has 0 radical (unpaired) electrons. The SMILES string of the molecule is CC(C)CC(=O)[C@@H](N)CC(C)C. The standard InChI is InChI=1S/C10H21NO/c1-7(2)5-9(11)10(12)6-8(3)4/h7-9H,5-6,11H2,1-4H3/t9-/m0/s1. The van der Waals surface area contributed by atoms with Crippen LogP contribution >= 0.6 is 0 Å². The molecule has 0 aliphatic heterocycles. The molecule has 0 amide bonds. The highest BCUT2D eigenvalue weighted by Gasteiger charge is 2.15. The second-order valence-electron chi connectivity index (χ2n) is 4.30. The second kappa shape index (κ2) is 5.31. The van der Waals surface area contributed by atoms with Crippen molar-refractivity contribution >= 4 is 5.78 Å². The fourth-order valence-electron chi connectivity index (χ4n) is 1.19. The zero-order valence-corrected chi connectivity index (χ0v) is 8.63. The first-order valence-electron chi connectivity index (χ1n) is 4.71. The molecule has 2 nitrogen and oxygen atoms in total. The van der Waals surface area contributed by atoms with E-state index in [9.17, 15) is 4.79 Å². The highest BCUT2D eigenvalue weighted by Crippen LogP contribution is 2.08. The molecule has 0 aliphatic rings. The van der Waals surface area contributed by atoms with E-state index in [0.717, 1.165) is 6.42 Å². The Hall–Kier alpha value is -0.370. The summed E-state index contributed by atoms with van der Waals surface area (Å²) in [6.45, 7) is 8.25. The maximum atomic E-state index is 11.4. The topological polar surface area (TPSA) is 43.1 Å². The van der Waals surface area contributed by atoms with E-state index >= 15 is 0 Å². The molecule has 0 aromatic carbocycles. The molecule has 2 heteroatoms. The van der Waals surface area contributed by atoms with Crippen LogP contribution in [-0.4, -0.2) is 11.8 Å². The Labute approximate surface area is 75.5 Å². The normalized spacial score (nSPS) is 13.9. The Morgan fingerprint density at radius 2 is 1.67 bits per heavy atom. The van der Waals surface area contributed by atoms with Crippen LogP contribution in [0.15, 0.2) is 0 Å². The van der Waals surface area contributed by atoms with E-state index in [-0.39, 0.29) is 11.8 Å². The van der Waals surface area contributed by atoms with Crippen molar-refractivity contribution in [2.75, 3.05) is 0 Å². The van der Waals surface area contributed by atoms with Gasteiger partial charge in [0.05, 0.1) is 6.04 Å². The lowest BCUT2D eigenvalue weighted by atomic mass is 9.96. The molecular weight excluding hydrogens is 150 g/mol. The van der Waals surface area contributed by atoms with Crippen LogP contribution in [0.5, 0.6) is 0 Å². The van der Waals surface area contributed by atoms with Crippen LogP contribution in [0.3, 0.4) is 0 Å². The molecule has 0 fully saturated rings. The second-order valence-corrected chi connectivity index (χ2v) is 4.30. The first kappa shape index (κ1) is 11.6. The van der Waals surface area contributed by atoms with Gasteiger partial charge in [-0.05, 0) is 18.3 Å². The number of Topliss-reactive ketones (excluding diaryl/α,β-unsaturated/α-hetero) is 1. The van der Waals surface area contributed by atoms with Crippen LogP contribution in [-0.2, 0) is 4.79 Å². The van der Waals surface area contributed by atoms with Gasteiger partial charge in [-0.2, -0.15) is 0 Å². The third-order valence-electron chi connectivity index (χ3n) is 1.75. The van der Waals surface area contributed by atoms with Gasteiger partial charge in [-0.15, -0.1) is 0 Å². The molecule has 1 atom stereocenters. The monoisotopic (exact) mass is 171 g/mol. The highest BCUT2D eigenvalue weighted by atomic mass is 16.1. The molecule has 2 N–H and O–H groups in total. The van der Waals surface area contributed by atoms with Crippen molar-refractivity contribution in [2.24, 2.45) is 17.6 Å². The summed E-state index contributed by atoms with van der Waals surface area (Å²) in [6, 6.07) is -0.243. The fourth-order valence-corrected chi connectivity index (χ4v) is 1.19. The number of rotatable bonds is 5. The molecular formula is C10H21NO. The molecule has 0 saturated heterocycles. The van der Waals surface area contributed by atoms with Gasteiger partial charge in [0.1, 0.15) is 5.78 Å². The minimum absolute atomic E-state index is 0.207. The zero-order chi connectivity index (χ0) is 9.72. The Morgan fingerprint density at radius 3 is 2.00 bits per heavy atom. The smallest absolute Gasteiger partial charge is 0.149 e. The average Bonchev–Trinajstić information content (AvgIpc) is 1.84. The van der Waals surface area contributed by atoms with Crippen molar-refractivity contribution in [3.05, 3.63) is 0 Å². The maximum absolute atomic E-state index is 11.4. The van der Waals surface area contributed by atoms with E-state index < -0.39 is 0 Å². The largest absolute Gasteiger partial charge is 0.322 e. The van der Waals surface area contributed by atoms with E-state index in [2.05, 4.69) is 13.8 Å². The van der Waals surface area contributed by atoms with Crippen LogP contribution < -0.4 is 5.73 Å². The van der Waals surface area contributed by atoms with Crippen LogP contribution in [0, 0.1) is 11.8 Å². The molecule has 72 valence electrons. The van der Waals surface area contributed by atoms with E-state index in [1.165, 1.54) is 0 Å². The number of ketones is 1. The fraction of sp³-hybridized carbons (Fsp3) is 0.900. The molecule has 0 aromatic heterocycles. The predicted octanol–water partition coefficient (Wildman–Crippen LogP) is 1.98. The lowest BCUT2D eigenvalue weighted by Crippen LogP contribution is -2.32. The van der Waals surface area contributed by atoms with E-state index in [0.29, 0.717) is 18.3 Å². The van der Waals surface area contributed by atoms with Gasteiger partial charge in [-0.25, -0.2) is 0 Å². The highest BCUT2D eigenvalue weighted by molar-refractivity contribution is 5.83. The molecule has 0 rings (SSSR count). The molecule has 0 aromatic rings. The van der Waals surface area contributed by atoms with Crippen molar-refractivity contribution in [3.63, 3.8) is 0 Å². The number of carbonyl (C=O) groups is 1. The summed E-state index contributed by atoms with van der Waals surface area (Å²) < 4.78 is 0. The van der Waals surface area contributed by atoms with Gasteiger partial charge < -0.3 is 5.73 Å². The molecule has 0 heterocycles. The lowest BCUT2D eigenvalue weighted by Gasteiger charge is -2.13. The molecule has 0 spiro atoms. The van der Waals surface area contributed by atoms with Crippen LogP contribution in [0.25, 0.3) is 0 Å². The van der Waals surface area contributed by atoms with Crippen molar-refractivity contribution in [2.45, 2.75) is 46.6 Å². The lowest BCUT2D eigenvalue weighted by molar-refractivity contribution is -0.121. The van der Waals surface area contributed by atoms with Crippen molar-refractivity contribution in [3.8, 4) is 0 Å². The van der Waals surface area contributed by atoms with Gasteiger partial charge in [0.25, 0.3) is 0 Å². The van der Waals surface area contributed by atoms with E-state index in [1.54, 1.807) is 0 Å². The molecule has 0 aliphatic carbocycles. The van der Waals surface area contributed by atoms with Gasteiger partial charge in [-0.1, -0.05) is 27.7 Å². The first-order valence-corrected chi connectivity index (χ1v) is 4.71. The van der Waals surface area contributed by atoms with Gasteiger partial charge in [0, 0.05) is 6.42 Å². The average molecular weight is 171 g/mol. The van der Waals surface area contributed by atoms with Crippen molar-refractivity contribution in [1.29, 1.82) is 0 Å². The maximum Gasteiger partial charge on any atom is 0.149 e. The number of hydrogen-bond donors (Lipinski definition) is 1. The summed E-state index contributed by atoms with van der Waals surface area (Å²) in [6.07, 6.45) is 1.43. The Kier molecular flexibility index (Phi) is 5.14. The summed E-state index contributed by atoms with van der Waals surface area (Å²) in [5.41, 5.74) is 5.72. The van der Waals surface area contributed by atoms with Crippen molar-refractivity contribution in [1.82, 2.24) is 0 Å². The van der Waals surface area contributed by atoms with Crippen LogP contribution in [0.2, 0.25) is 0 Å². The van der Waals surface area contributed by atoms with Gasteiger partial charge in [0.2, 0.25) is 0 Å². The Bertz CT molecular complexity index is 141. The first-order chi connectivity index (χ1) is 5.43. The Balaban J connectivity index is 3.77. The molecule has 0 bridgehead atoms.